The molecule has 0 aliphatic rings. The van der Waals surface area contributed by atoms with Gasteiger partial charge in [0.05, 0.1) is 12.8 Å². The van der Waals surface area contributed by atoms with Crippen LogP contribution in [0.1, 0.15) is 11.3 Å². The number of aromatic nitrogens is 3. The molecular weight excluding hydrogens is 276 g/mol. The van der Waals surface area contributed by atoms with Crippen molar-refractivity contribution in [2.24, 2.45) is 0 Å². The Bertz CT molecular complexity index is 844. The molecule has 0 saturated carbocycles. The Kier molecular flexibility index (Phi) is 3.58. The third-order valence-electron chi connectivity index (χ3n) is 3.38. The summed E-state index contributed by atoms with van der Waals surface area (Å²) in [5.41, 5.74) is 3.85. The predicted octanol–water partition coefficient (Wildman–Crippen LogP) is 3.12. The molecule has 0 amide bonds. The number of rotatable bonds is 3. The third-order valence-corrected chi connectivity index (χ3v) is 3.38. The molecule has 0 bridgehead atoms. The molecule has 0 fully saturated rings. The Morgan fingerprint density at radius 1 is 1.14 bits per heavy atom. The number of aryl methyl sites for hydroxylation is 1. The van der Waals surface area contributed by atoms with Crippen molar-refractivity contribution in [2.75, 3.05) is 7.11 Å². The maximum Gasteiger partial charge on any atom is 0.191 e. The van der Waals surface area contributed by atoms with Crippen molar-refractivity contribution in [1.29, 1.82) is 5.26 Å². The van der Waals surface area contributed by atoms with E-state index in [0.29, 0.717) is 11.4 Å². The van der Waals surface area contributed by atoms with E-state index in [1.807, 2.05) is 55.5 Å². The van der Waals surface area contributed by atoms with Gasteiger partial charge in [-0.05, 0) is 37.3 Å². The lowest BCUT2D eigenvalue weighted by molar-refractivity contribution is 0.414. The minimum absolute atomic E-state index is 0.307. The molecule has 0 unspecified atom stereocenters. The van der Waals surface area contributed by atoms with Crippen molar-refractivity contribution >= 4 is 0 Å². The zero-order valence-corrected chi connectivity index (χ0v) is 12.3. The molecule has 1 heterocycles. The van der Waals surface area contributed by atoms with Crippen LogP contribution >= 0.6 is 0 Å². The summed E-state index contributed by atoms with van der Waals surface area (Å²) in [6.07, 6.45) is 0. The number of methoxy groups -OCH3 is 1. The maximum atomic E-state index is 9.31. The van der Waals surface area contributed by atoms with Gasteiger partial charge < -0.3 is 4.74 Å². The van der Waals surface area contributed by atoms with Gasteiger partial charge in [0.1, 0.15) is 17.5 Å². The van der Waals surface area contributed by atoms with Gasteiger partial charge in [-0.2, -0.15) is 5.26 Å². The van der Waals surface area contributed by atoms with E-state index in [-0.39, 0.29) is 0 Å². The fraction of sp³-hybridized carbons (Fsp3) is 0.118. The fourth-order valence-electron chi connectivity index (χ4n) is 2.31. The smallest absolute Gasteiger partial charge is 0.191 e. The normalized spacial score (nSPS) is 10.2. The largest absolute Gasteiger partial charge is 0.497 e. The van der Waals surface area contributed by atoms with Crippen LogP contribution in [-0.2, 0) is 0 Å². The minimum Gasteiger partial charge on any atom is -0.497 e. The van der Waals surface area contributed by atoms with Crippen molar-refractivity contribution in [3.8, 4) is 28.8 Å². The molecule has 3 aromatic rings. The Labute approximate surface area is 128 Å². The summed E-state index contributed by atoms with van der Waals surface area (Å²) in [6, 6.07) is 17.5. The van der Waals surface area contributed by atoms with Crippen LogP contribution in [0.25, 0.3) is 16.9 Å². The summed E-state index contributed by atoms with van der Waals surface area (Å²) in [5, 5.41) is 17.4. The van der Waals surface area contributed by atoms with Gasteiger partial charge >= 0.3 is 0 Å². The molecule has 5 nitrogen and oxygen atoms in total. The highest BCUT2D eigenvalue weighted by Crippen LogP contribution is 2.26. The third kappa shape index (κ3) is 2.42. The molecule has 0 saturated heterocycles. The lowest BCUT2D eigenvalue weighted by Gasteiger charge is -2.08. The van der Waals surface area contributed by atoms with E-state index in [1.165, 1.54) is 0 Å². The summed E-state index contributed by atoms with van der Waals surface area (Å²) in [4.78, 5) is 0. The molecule has 0 aliphatic carbocycles. The summed E-state index contributed by atoms with van der Waals surface area (Å²) < 4.78 is 6.84. The Morgan fingerprint density at radius 2 is 1.91 bits per heavy atom. The van der Waals surface area contributed by atoms with Crippen LogP contribution in [0.4, 0.5) is 0 Å². The Hall–Kier alpha value is -3.13. The van der Waals surface area contributed by atoms with Gasteiger partial charge in [0.2, 0.25) is 0 Å². The first kappa shape index (κ1) is 13.8. The first-order valence-electron chi connectivity index (χ1n) is 6.80. The molecule has 1 aromatic heterocycles. The number of nitrogens with zero attached hydrogens (tertiary/aromatic N) is 4. The van der Waals surface area contributed by atoms with Gasteiger partial charge in [-0.25, -0.2) is 4.68 Å². The first-order valence-corrected chi connectivity index (χ1v) is 6.80. The van der Waals surface area contributed by atoms with E-state index in [9.17, 15) is 5.26 Å². The predicted molar refractivity (Wildman–Crippen MR) is 82.8 cm³/mol. The second-order valence-corrected chi connectivity index (χ2v) is 4.88. The van der Waals surface area contributed by atoms with Gasteiger partial charge in [0, 0.05) is 5.56 Å². The number of hydrogen-bond donors (Lipinski definition) is 0. The SMILES string of the molecule is COc1ccc(-n2nnc(C#N)c2-c2cccc(C)c2)cc1. The van der Waals surface area contributed by atoms with Gasteiger partial charge in [-0.3, -0.25) is 0 Å². The van der Waals surface area contributed by atoms with Gasteiger partial charge in [0.25, 0.3) is 0 Å². The van der Waals surface area contributed by atoms with E-state index in [1.54, 1.807) is 11.8 Å². The second kappa shape index (κ2) is 5.70. The molecule has 0 atom stereocenters. The summed E-state index contributed by atoms with van der Waals surface area (Å²) in [6.45, 7) is 2.01. The van der Waals surface area contributed by atoms with Crippen molar-refractivity contribution in [2.45, 2.75) is 6.92 Å². The number of nitriles is 1. The maximum absolute atomic E-state index is 9.31. The van der Waals surface area contributed by atoms with Crippen LogP contribution in [0, 0.1) is 18.3 Å². The average molecular weight is 290 g/mol. The monoisotopic (exact) mass is 290 g/mol. The molecule has 0 aliphatic heterocycles. The molecule has 0 radical (unpaired) electrons. The highest BCUT2D eigenvalue weighted by molar-refractivity contribution is 5.67. The van der Waals surface area contributed by atoms with Crippen molar-refractivity contribution in [1.82, 2.24) is 15.0 Å². The number of benzene rings is 2. The van der Waals surface area contributed by atoms with Gasteiger partial charge in [0.15, 0.2) is 5.69 Å². The average Bonchev–Trinajstić information content (AvgIpc) is 2.99. The zero-order chi connectivity index (χ0) is 15.5. The Balaban J connectivity index is 2.17. The number of hydrogen-bond acceptors (Lipinski definition) is 4. The first-order chi connectivity index (χ1) is 10.7. The van der Waals surface area contributed by atoms with Crippen LogP contribution in [0.2, 0.25) is 0 Å². The summed E-state index contributed by atoms with van der Waals surface area (Å²) in [5.74, 6) is 0.765. The standard InChI is InChI=1S/C17H14N4O/c1-12-4-3-5-13(10-12)17-16(11-18)19-20-21(17)14-6-8-15(22-2)9-7-14/h3-10H,1-2H3. The van der Waals surface area contributed by atoms with Crippen LogP contribution in [0.15, 0.2) is 48.5 Å². The van der Waals surface area contributed by atoms with Crippen LogP contribution in [0.5, 0.6) is 5.75 Å². The van der Waals surface area contributed by atoms with E-state index in [2.05, 4.69) is 16.4 Å². The van der Waals surface area contributed by atoms with Gasteiger partial charge in [-0.15, -0.1) is 5.10 Å². The van der Waals surface area contributed by atoms with E-state index in [4.69, 9.17) is 4.74 Å². The minimum atomic E-state index is 0.307. The molecule has 0 spiro atoms. The molecule has 22 heavy (non-hydrogen) atoms. The van der Waals surface area contributed by atoms with Crippen LogP contribution < -0.4 is 4.74 Å². The summed E-state index contributed by atoms with van der Waals surface area (Å²) >= 11 is 0. The highest BCUT2D eigenvalue weighted by atomic mass is 16.5. The summed E-state index contributed by atoms with van der Waals surface area (Å²) in [7, 11) is 1.62. The van der Waals surface area contributed by atoms with Crippen LogP contribution in [-0.4, -0.2) is 22.1 Å². The van der Waals surface area contributed by atoms with E-state index >= 15 is 0 Å². The Morgan fingerprint density at radius 3 is 2.55 bits per heavy atom. The van der Waals surface area contributed by atoms with Crippen molar-refractivity contribution < 1.29 is 4.74 Å². The molecule has 2 aromatic carbocycles. The van der Waals surface area contributed by atoms with E-state index < -0.39 is 0 Å². The molecule has 3 rings (SSSR count). The second-order valence-electron chi connectivity index (χ2n) is 4.88. The van der Waals surface area contributed by atoms with E-state index in [0.717, 1.165) is 22.6 Å². The van der Waals surface area contributed by atoms with Crippen molar-refractivity contribution in [3.05, 3.63) is 59.8 Å². The highest BCUT2D eigenvalue weighted by Gasteiger charge is 2.16. The van der Waals surface area contributed by atoms with Crippen molar-refractivity contribution in [3.63, 3.8) is 0 Å². The topological polar surface area (TPSA) is 63.7 Å². The number of ether oxygens (including phenoxy) is 1. The molecular formula is C17H14N4O. The fourth-order valence-corrected chi connectivity index (χ4v) is 2.31. The van der Waals surface area contributed by atoms with Crippen LogP contribution in [0.3, 0.4) is 0 Å². The zero-order valence-electron chi connectivity index (χ0n) is 12.3. The van der Waals surface area contributed by atoms with Gasteiger partial charge in [-0.1, -0.05) is 29.0 Å². The lowest BCUT2D eigenvalue weighted by Crippen LogP contribution is -2.00. The quantitative estimate of drug-likeness (QED) is 0.743. The molecule has 0 N–H and O–H groups in total. The lowest BCUT2D eigenvalue weighted by atomic mass is 10.1. The molecule has 5 heteroatoms. The molecule has 108 valence electrons.